The summed E-state index contributed by atoms with van der Waals surface area (Å²) in [7, 11) is 1.39. The minimum atomic E-state index is -0.821. The van der Waals surface area contributed by atoms with Gasteiger partial charge in [0.15, 0.2) is 11.9 Å². The van der Waals surface area contributed by atoms with Crippen LogP contribution in [-0.2, 0) is 23.8 Å². The van der Waals surface area contributed by atoms with Crippen LogP contribution in [0.3, 0.4) is 0 Å². The van der Waals surface area contributed by atoms with Crippen molar-refractivity contribution >= 4 is 11.6 Å². The van der Waals surface area contributed by atoms with E-state index in [4.69, 9.17) is 9.47 Å². The highest BCUT2D eigenvalue weighted by Crippen LogP contribution is 2.12. The third-order valence-electron chi connectivity index (χ3n) is 1.49. The minimum Gasteiger partial charge on any atom is -0.333 e. The molecule has 0 N–H and O–H groups in total. The first kappa shape index (κ1) is 9.31. The van der Waals surface area contributed by atoms with E-state index >= 15 is 0 Å². The van der Waals surface area contributed by atoms with E-state index in [1.54, 1.807) is 0 Å². The van der Waals surface area contributed by atoms with E-state index in [-0.39, 0.29) is 6.61 Å². The summed E-state index contributed by atoms with van der Waals surface area (Å²) >= 11 is 0. The second kappa shape index (κ2) is 3.75. The van der Waals surface area contributed by atoms with Crippen LogP contribution in [0.25, 0.3) is 0 Å². The average molecular weight is 174 g/mol. The van der Waals surface area contributed by atoms with Gasteiger partial charge in [0.2, 0.25) is 5.78 Å². The molecule has 1 rings (SSSR count). The fourth-order valence-corrected chi connectivity index (χ4v) is 0.866. The van der Waals surface area contributed by atoms with Gasteiger partial charge in [-0.15, -0.1) is 0 Å². The molecule has 0 aromatic rings. The van der Waals surface area contributed by atoms with Gasteiger partial charge in [-0.05, 0) is 0 Å². The van der Waals surface area contributed by atoms with E-state index in [0.717, 1.165) is 0 Å². The van der Waals surface area contributed by atoms with Crippen molar-refractivity contribution in [3.8, 4) is 0 Å². The number of ether oxygens (including phenoxy) is 3. The van der Waals surface area contributed by atoms with Crippen molar-refractivity contribution in [2.75, 3.05) is 13.7 Å². The molecule has 0 bridgehead atoms. The zero-order valence-electron chi connectivity index (χ0n) is 6.90. The van der Waals surface area contributed by atoms with Gasteiger partial charge in [0.05, 0.1) is 6.61 Å². The minimum absolute atomic E-state index is 0.0803. The van der Waals surface area contributed by atoms with Gasteiger partial charge in [-0.2, -0.15) is 0 Å². The predicted octanol–water partition coefficient (Wildman–Crippen LogP) is -0.510. The zero-order valence-corrected chi connectivity index (χ0v) is 6.90. The van der Waals surface area contributed by atoms with Crippen LogP contribution in [-0.4, -0.2) is 37.9 Å². The van der Waals surface area contributed by atoms with Gasteiger partial charge in [-0.1, -0.05) is 0 Å². The van der Waals surface area contributed by atoms with Gasteiger partial charge in [-0.3, -0.25) is 9.59 Å². The number of ketones is 2. The molecular weight excluding hydrogens is 164 g/mol. The Morgan fingerprint density at radius 2 is 2.17 bits per heavy atom. The van der Waals surface area contributed by atoms with Crippen molar-refractivity contribution in [3.05, 3.63) is 0 Å². The smallest absolute Gasteiger partial charge is 0.272 e. The molecule has 5 heteroatoms. The number of carbonyl (C=O) groups excluding carboxylic acids is 2. The van der Waals surface area contributed by atoms with Crippen LogP contribution in [0.1, 0.15) is 6.92 Å². The summed E-state index contributed by atoms with van der Waals surface area (Å²) in [6.07, 6.45) is -0.799. The average Bonchev–Trinajstić information content (AvgIpc) is 2.50. The van der Waals surface area contributed by atoms with Crippen molar-refractivity contribution in [2.45, 2.75) is 19.5 Å². The van der Waals surface area contributed by atoms with Crippen molar-refractivity contribution in [1.82, 2.24) is 0 Å². The van der Waals surface area contributed by atoms with E-state index in [0.29, 0.717) is 0 Å². The summed E-state index contributed by atoms with van der Waals surface area (Å²) < 4.78 is 14.5. The van der Waals surface area contributed by atoms with Gasteiger partial charge in [0.25, 0.3) is 6.48 Å². The monoisotopic (exact) mass is 174 g/mol. The maximum atomic E-state index is 11.0. The molecule has 0 aromatic heterocycles. The molecule has 1 unspecified atom stereocenters. The highest BCUT2D eigenvalue weighted by atomic mass is 16.9. The van der Waals surface area contributed by atoms with Gasteiger partial charge >= 0.3 is 0 Å². The van der Waals surface area contributed by atoms with Crippen molar-refractivity contribution in [1.29, 1.82) is 0 Å². The van der Waals surface area contributed by atoms with Crippen LogP contribution in [0, 0.1) is 0 Å². The highest BCUT2D eigenvalue weighted by molar-refractivity contribution is 6.38. The standard InChI is InChI=1S/C7H10O5/c1-4(8)6(9)5-3-11-7(10-2)12-5/h5,7H,3H2,1-2H3/t5-,7?/m0/s1. The number of hydrogen-bond donors (Lipinski definition) is 0. The molecule has 1 fully saturated rings. The Morgan fingerprint density at radius 3 is 2.58 bits per heavy atom. The van der Waals surface area contributed by atoms with Gasteiger partial charge < -0.3 is 14.2 Å². The molecule has 0 radical (unpaired) electrons. The van der Waals surface area contributed by atoms with Gasteiger partial charge in [-0.25, -0.2) is 0 Å². The van der Waals surface area contributed by atoms with Crippen molar-refractivity contribution in [3.63, 3.8) is 0 Å². The zero-order chi connectivity index (χ0) is 9.14. The Hall–Kier alpha value is -0.780. The summed E-state index contributed by atoms with van der Waals surface area (Å²) in [6, 6.07) is 0. The van der Waals surface area contributed by atoms with Crippen molar-refractivity contribution < 1.29 is 23.8 Å². The predicted molar refractivity (Wildman–Crippen MR) is 37.3 cm³/mol. The molecule has 0 spiro atoms. The molecule has 2 atom stereocenters. The Kier molecular flexibility index (Phi) is 2.91. The van der Waals surface area contributed by atoms with Crippen LogP contribution >= 0.6 is 0 Å². The maximum absolute atomic E-state index is 11.0. The lowest BCUT2D eigenvalue weighted by Crippen LogP contribution is -2.29. The van der Waals surface area contributed by atoms with E-state index in [1.165, 1.54) is 14.0 Å². The number of methoxy groups -OCH3 is 1. The highest BCUT2D eigenvalue weighted by Gasteiger charge is 2.33. The van der Waals surface area contributed by atoms with Crippen LogP contribution < -0.4 is 0 Å². The maximum Gasteiger partial charge on any atom is 0.272 e. The topological polar surface area (TPSA) is 61.8 Å². The molecule has 1 saturated heterocycles. The van der Waals surface area contributed by atoms with E-state index in [1.807, 2.05) is 0 Å². The number of carbonyl (C=O) groups is 2. The summed E-state index contributed by atoms with van der Waals surface area (Å²) in [5.74, 6) is -1.10. The molecule has 68 valence electrons. The lowest BCUT2D eigenvalue weighted by molar-refractivity contribution is -0.222. The summed E-state index contributed by atoms with van der Waals surface area (Å²) in [5.41, 5.74) is 0. The molecule has 0 saturated carbocycles. The third kappa shape index (κ3) is 1.88. The van der Waals surface area contributed by atoms with E-state index in [9.17, 15) is 9.59 Å². The quantitative estimate of drug-likeness (QED) is 0.539. The molecule has 0 aromatic carbocycles. The normalized spacial score (nSPS) is 28.8. The Balaban J connectivity index is 2.46. The van der Waals surface area contributed by atoms with E-state index < -0.39 is 24.1 Å². The molecule has 5 nitrogen and oxygen atoms in total. The molecule has 12 heavy (non-hydrogen) atoms. The molecular formula is C7H10O5. The number of hydrogen-bond acceptors (Lipinski definition) is 5. The third-order valence-corrected chi connectivity index (χ3v) is 1.49. The van der Waals surface area contributed by atoms with Gasteiger partial charge in [0, 0.05) is 14.0 Å². The molecule has 0 aliphatic carbocycles. The molecule has 1 aliphatic rings. The Morgan fingerprint density at radius 1 is 1.50 bits per heavy atom. The van der Waals surface area contributed by atoms with Crippen LogP contribution in [0.2, 0.25) is 0 Å². The molecule has 0 amide bonds. The Labute approximate surface area is 69.6 Å². The van der Waals surface area contributed by atoms with Crippen molar-refractivity contribution in [2.24, 2.45) is 0 Å². The first-order valence-corrected chi connectivity index (χ1v) is 3.49. The fraction of sp³-hybridized carbons (Fsp3) is 0.714. The fourth-order valence-electron chi connectivity index (χ4n) is 0.866. The molecule has 1 heterocycles. The molecule has 1 aliphatic heterocycles. The van der Waals surface area contributed by atoms with Crippen LogP contribution in [0.5, 0.6) is 0 Å². The Bertz CT molecular complexity index is 200. The number of Topliss-reactive ketones (excluding diaryl/α,β-unsaturated/α-hetero) is 2. The van der Waals surface area contributed by atoms with Crippen LogP contribution in [0.4, 0.5) is 0 Å². The first-order chi connectivity index (χ1) is 5.65. The lowest BCUT2D eigenvalue weighted by atomic mass is 10.2. The lowest BCUT2D eigenvalue weighted by Gasteiger charge is -2.06. The number of rotatable bonds is 3. The second-order valence-electron chi connectivity index (χ2n) is 2.40. The largest absolute Gasteiger partial charge is 0.333 e. The second-order valence-corrected chi connectivity index (χ2v) is 2.40. The van der Waals surface area contributed by atoms with Crippen LogP contribution in [0.15, 0.2) is 0 Å². The summed E-state index contributed by atoms with van der Waals surface area (Å²) in [6.45, 7) is 0.459. The summed E-state index contributed by atoms with van der Waals surface area (Å²) in [5, 5.41) is 0. The van der Waals surface area contributed by atoms with Gasteiger partial charge in [0.1, 0.15) is 0 Å². The summed E-state index contributed by atoms with van der Waals surface area (Å²) in [4.78, 5) is 21.6. The van der Waals surface area contributed by atoms with E-state index in [2.05, 4.69) is 4.74 Å². The SMILES string of the molecule is COC1OC[C@@H](C(=O)C(C)=O)O1. The first-order valence-electron chi connectivity index (χ1n) is 3.49.